The third kappa shape index (κ3) is 0.871. The third-order valence-electron chi connectivity index (χ3n) is 3.35. The molecule has 3 aliphatic rings. The van der Waals surface area contributed by atoms with Crippen LogP contribution in [0.25, 0.3) is 17.7 Å². The summed E-state index contributed by atoms with van der Waals surface area (Å²) >= 11 is 0. The smallest absolute Gasteiger partial charge is 0.159 e. The summed E-state index contributed by atoms with van der Waals surface area (Å²) in [7, 11) is 0. The van der Waals surface area contributed by atoms with Crippen LogP contribution < -0.4 is 15.4 Å². The lowest BCUT2D eigenvalue weighted by atomic mass is 10.0. The van der Waals surface area contributed by atoms with Gasteiger partial charge < -0.3 is 9.30 Å². The Labute approximate surface area is 93.1 Å². The van der Waals surface area contributed by atoms with Crippen molar-refractivity contribution in [3.8, 4) is 5.75 Å². The van der Waals surface area contributed by atoms with Gasteiger partial charge in [-0.2, -0.15) is 0 Å². The number of ether oxygens (including phenoxy) is 1. The molecule has 0 atom stereocenters. The molecule has 0 N–H and O–H groups in total. The fourth-order valence-electron chi connectivity index (χ4n) is 2.70. The number of aromatic nitrogens is 1. The van der Waals surface area contributed by atoms with Crippen LogP contribution in [0.15, 0.2) is 30.6 Å². The normalized spacial score (nSPS) is 18.9. The lowest BCUT2D eigenvalue weighted by Gasteiger charge is -2.12. The van der Waals surface area contributed by atoms with E-state index in [0.29, 0.717) is 0 Å². The van der Waals surface area contributed by atoms with E-state index in [9.17, 15) is 0 Å². The summed E-state index contributed by atoms with van der Waals surface area (Å²) in [5.41, 5.74) is 2.64. The number of allylic oxidation sites excluding steroid dienone is 4. The van der Waals surface area contributed by atoms with Crippen molar-refractivity contribution in [3.63, 3.8) is 0 Å². The van der Waals surface area contributed by atoms with Gasteiger partial charge in [0.05, 0.1) is 17.0 Å². The second-order valence-corrected chi connectivity index (χ2v) is 4.23. The Morgan fingerprint density at radius 2 is 2.19 bits per heavy atom. The van der Waals surface area contributed by atoms with Crippen molar-refractivity contribution in [2.75, 3.05) is 0 Å². The summed E-state index contributed by atoms with van der Waals surface area (Å²) in [6.07, 6.45) is 15.7. The first kappa shape index (κ1) is 8.22. The van der Waals surface area contributed by atoms with Gasteiger partial charge in [0.25, 0.3) is 0 Å². The lowest BCUT2D eigenvalue weighted by Crippen LogP contribution is -2.31. The van der Waals surface area contributed by atoms with E-state index in [1.54, 1.807) is 6.26 Å². The Morgan fingerprint density at radius 1 is 1.19 bits per heavy atom. The standard InChI is InChI=1S/C14H11NO/c1-4-10-5-2-8-15-12-7-3-9-16-14(12)11(6-1)13(10)15/h1-3,5-7,9H,4,8H2. The number of fused-ring (bicyclic) bond motifs is 3. The maximum atomic E-state index is 5.66. The minimum atomic E-state index is 0.947. The van der Waals surface area contributed by atoms with Gasteiger partial charge in [0.1, 0.15) is 0 Å². The molecule has 0 radical (unpaired) electrons. The largest absolute Gasteiger partial charge is 0.462 e. The minimum Gasteiger partial charge on any atom is -0.462 e. The van der Waals surface area contributed by atoms with Crippen LogP contribution in [0.3, 0.4) is 0 Å². The second kappa shape index (κ2) is 2.79. The van der Waals surface area contributed by atoms with Gasteiger partial charge in [-0.25, -0.2) is 0 Å². The van der Waals surface area contributed by atoms with E-state index in [0.717, 1.165) is 18.7 Å². The predicted octanol–water partition coefficient (Wildman–Crippen LogP) is 1.31. The van der Waals surface area contributed by atoms with Crippen molar-refractivity contribution in [2.45, 2.75) is 13.0 Å². The van der Waals surface area contributed by atoms with Gasteiger partial charge in [-0.3, -0.25) is 0 Å². The predicted molar refractivity (Wildman–Crippen MR) is 64.1 cm³/mol. The maximum Gasteiger partial charge on any atom is 0.159 e. The summed E-state index contributed by atoms with van der Waals surface area (Å²) in [5, 5.41) is 2.54. The van der Waals surface area contributed by atoms with Crippen LogP contribution >= 0.6 is 0 Å². The van der Waals surface area contributed by atoms with Gasteiger partial charge in [-0.1, -0.05) is 24.3 Å². The Kier molecular flexibility index (Phi) is 1.43. The van der Waals surface area contributed by atoms with E-state index >= 15 is 0 Å². The highest BCUT2D eigenvalue weighted by Gasteiger charge is 2.19. The van der Waals surface area contributed by atoms with Crippen molar-refractivity contribution in [2.24, 2.45) is 0 Å². The molecular weight excluding hydrogens is 198 g/mol. The van der Waals surface area contributed by atoms with Gasteiger partial charge in [0.2, 0.25) is 0 Å². The van der Waals surface area contributed by atoms with Gasteiger partial charge in [0, 0.05) is 12.1 Å². The topological polar surface area (TPSA) is 14.2 Å². The second-order valence-electron chi connectivity index (χ2n) is 4.23. The molecule has 1 aromatic heterocycles. The Bertz CT molecular complexity index is 683. The molecule has 2 aliphatic heterocycles. The summed E-state index contributed by atoms with van der Waals surface area (Å²) in [4.78, 5) is 0. The molecule has 3 heterocycles. The van der Waals surface area contributed by atoms with Gasteiger partial charge in [-0.15, -0.1) is 0 Å². The Hall–Kier alpha value is -1.96. The maximum absolute atomic E-state index is 5.66. The molecule has 0 bridgehead atoms. The van der Waals surface area contributed by atoms with Gasteiger partial charge in [-0.05, 0) is 24.1 Å². The highest BCUT2D eigenvalue weighted by molar-refractivity contribution is 5.73. The SMILES string of the molecule is C1=COc2c3c4n(c2=C1)CC=CC=4CC=C3. The minimum absolute atomic E-state index is 0.947. The fourth-order valence-corrected chi connectivity index (χ4v) is 2.70. The summed E-state index contributed by atoms with van der Waals surface area (Å²) in [6.45, 7) is 0.947. The summed E-state index contributed by atoms with van der Waals surface area (Å²) in [6, 6.07) is 0. The number of hydrogen-bond donors (Lipinski definition) is 0. The van der Waals surface area contributed by atoms with Crippen molar-refractivity contribution in [1.29, 1.82) is 0 Å². The highest BCUT2D eigenvalue weighted by Crippen LogP contribution is 2.22. The molecule has 0 unspecified atom stereocenters. The molecular formula is C14H11NO. The van der Waals surface area contributed by atoms with Crippen molar-refractivity contribution in [3.05, 3.63) is 46.8 Å². The van der Waals surface area contributed by atoms with E-state index in [-0.39, 0.29) is 0 Å². The fraction of sp³-hybridized carbons (Fsp3) is 0.143. The first-order valence-corrected chi connectivity index (χ1v) is 5.57. The van der Waals surface area contributed by atoms with Crippen LogP contribution in [0.1, 0.15) is 12.0 Å². The summed E-state index contributed by atoms with van der Waals surface area (Å²) < 4.78 is 8.00. The number of rotatable bonds is 0. The molecule has 2 nitrogen and oxygen atoms in total. The molecule has 0 saturated carbocycles. The zero-order chi connectivity index (χ0) is 10.5. The first-order valence-electron chi connectivity index (χ1n) is 5.57. The number of nitrogens with zero attached hydrogens (tertiary/aromatic N) is 1. The highest BCUT2D eigenvalue weighted by atomic mass is 16.5. The summed E-state index contributed by atoms with van der Waals surface area (Å²) in [5.74, 6) is 1.01. The molecule has 0 fully saturated rings. The quantitative estimate of drug-likeness (QED) is 0.628. The van der Waals surface area contributed by atoms with Crippen LogP contribution in [0.4, 0.5) is 0 Å². The average Bonchev–Trinajstić information content (AvgIpc) is 2.68. The molecule has 4 rings (SSSR count). The average molecular weight is 209 g/mol. The molecule has 16 heavy (non-hydrogen) atoms. The Balaban J connectivity index is 2.26. The van der Waals surface area contributed by atoms with Gasteiger partial charge in [0.15, 0.2) is 5.75 Å². The van der Waals surface area contributed by atoms with Crippen molar-refractivity contribution < 1.29 is 4.74 Å². The zero-order valence-corrected chi connectivity index (χ0v) is 8.81. The van der Waals surface area contributed by atoms with E-state index in [2.05, 4.69) is 34.9 Å². The van der Waals surface area contributed by atoms with Crippen LogP contribution in [0.5, 0.6) is 5.75 Å². The van der Waals surface area contributed by atoms with Crippen LogP contribution in [0, 0.1) is 0 Å². The molecule has 0 aromatic carbocycles. The van der Waals surface area contributed by atoms with Crippen LogP contribution in [-0.4, -0.2) is 4.57 Å². The molecule has 0 saturated heterocycles. The van der Waals surface area contributed by atoms with E-state index < -0.39 is 0 Å². The van der Waals surface area contributed by atoms with E-state index in [1.165, 1.54) is 21.8 Å². The van der Waals surface area contributed by atoms with Crippen LogP contribution in [0.2, 0.25) is 0 Å². The molecule has 1 aliphatic carbocycles. The van der Waals surface area contributed by atoms with Gasteiger partial charge >= 0.3 is 0 Å². The van der Waals surface area contributed by atoms with E-state index in [1.807, 2.05) is 6.08 Å². The third-order valence-corrected chi connectivity index (χ3v) is 3.35. The number of hydrogen-bond acceptors (Lipinski definition) is 1. The Morgan fingerprint density at radius 3 is 3.19 bits per heavy atom. The molecule has 78 valence electrons. The monoisotopic (exact) mass is 209 g/mol. The molecule has 2 heteroatoms. The lowest BCUT2D eigenvalue weighted by molar-refractivity contribution is 0.471. The van der Waals surface area contributed by atoms with Crippen molar-refractivity contribution in [1.82, 2.24) is 4.57 Å². The van der Waals surface area contributed by atoms with Crippen molar-refractivity contribution >= 4 is 17.7 Å². The van der Waals surface area contributed by atoms with E-state index in [4.69, 9.17) is 4.74 Å². The molecule has 0 amide bonds. The molecule has 0 spiro atoms. The first-order chi connectivity index (χ1) is 7.95. The zero-order valence-electron chi connectivity index (χ0n) is 8.81. The van der Waals surface area contributed by atoms with Crippen LogP contribution in [-0.2, 0) is 6.54 Å². The molecule has 1 aromatic rings.